The van der Waals surface area contributed by atoms with Gasteiger partial charge < -0.3 is 0 Å². The van der Waals surface area contributed by atoms with Crippen molar-refractivity contribution in [2.24, 2.45) is 0 Å². The van der Waals surface area contributed by atoms with E-state index in [0.29, 0.717) is 37.5 Å². The van der Waals surface area contributed by atoms with Gasteiger partial charge in [-0.05, 0) is 30.3 Å². The first-order chi connectivity index (χ1) is 11.6. The standard InChI is InChI=1S/C7H4Cl4.C7H4Cl2O.H2O3S/c8-4-1-2-5(7(10)11)6(9)3-4;8-6-2-1-5(4-10)7(9)3-6;1-4(2)3/h1-3,7H;1-4H;(H2,1,2,3). The normalized spacial score (nSPS) is 9.84. The van der Waals surface area contributed by atoms with Crippen molar-refractivity contribution in [3.63, 3.8) is 0 Å². The predicted molar refractivity (Wildman–Crippen MR) is 106 cm³/mol. The number of alkyl halides is 2. The van der Waals surface area contributed by atoms with Crippen molar-refractivity contribution in [3.05, 3.63) is 67.6 Å². The Kier molecular flexibility index (Phi) is 13.1. The monoisotopic (exact) mass is 484 g/mol. The molecule has 25 heavy (non-hydrogen) atoms. The maximum absolute atomic E-state index is 10.2. The number of rotatable bonds is 2. The number of hydrogen-bond acceptors (Lipinski definition) is 2. The Morgan fingerprint density at radius 2 is 1.32 bits per heavy atom. The van der Waals surface area contributed by atoms with Crippen LogP contribution in [0.2, 0.25) is 20.1 Å². The molecule has 0 unspecified atom stereocenters. The predicted octanol–water partition coefficient (Wildman–Crippen LogP) is 6.96. The van der Waals surface area contributed by atoms with Crippen LogP contribution in [-0.2, 0) is 11.4 Å². The van der Waals surface area contributed by atoms with Crippen LogP contribution in [0.4, 0.5) is 0 Å². The van der Waals surface area contributed by atoms with Gasteiger partial charge in [-0.15, -0.1) is 23.2 Å². The molecule has 0 atom stereocenters. The zero-order chi connectivity index (χ0) is 19.6. The lowest BCUT2D eigenvalue weighted by Gasteiger charge is -2.03. The summed E-state index contributed by atoms with van der Waals surface area (Å²) >= 11 is 31.2. The van der Waals surface area contributed by atoms with Crippen LogP contribution in [-0.4, -0.2) is 19.6 Å². The molecule has 0 bridgehead atoms. The van der Waals surface area contributed by atoms with Crippen molar-refractivity contribution in [1.82, 2.24) is 0 Å². The van der Waals surface area contributed by atoms with E-state index in [-0.39, 0.29) is 0 Å². The molecule has 4 nitrogen and oxygen atoms in total. The molecule has 0 aliphatic carbocycles. The minimum absolute atomic E-state index is 0.391. The Morgan fingerprint density at radius 1 is 0.880 bits per heavy atom. The van der Waals surface area contributed by atoms with Crippen LogP contribution in [0.5, 0.6) is 0 Å². The molecule has 0 amide bonds. The number of carbonyl (C=O) groups excluding carboxylic acids is 1. The van der Waals surface area contributed by atoms with E-state index < -0.39 is 16.2 Å². The highest BCUT2D eigenvalue weighted by atomic mass is 35.5. The zero-order valence-corrected chi connectivity index (χ0v) is 17.4. The van der Waals surface area contributed by atoms with E-state index in [9.17, 15) is 4.79 Å². The van der Waals surface area contributed by atoms with E-state index in [4.69, 9.17) is 82.9 Å². The van der Waals surface area contributed by atoms with Gasteiger partial charge in [0.15, 0.2) is 6.29 Å². The number of halogens is 6. The molecule has 0 fully saturated rings. The summed E-state index contributed by atoms with van der Waals surface area (Å²) in [5, 5.41) is 2.00. The van der Waals surface area contributed by atoms with Gasteiger partial charge in [0, 0.05) is 26.2 Å². The third-order valence-electron chi connectivity index (χ3n) is 2.29. The lowest BCUT2D eigenvalue weighted by Crippen LogP contribution is -1.82. The van der Waals surface area contributed by atoms with Crippen LogP contribution >= 0.6 is 69.6 Å². The van der Waals surface area contributed by atoms with Crippen LogP contribution in [0.15, 0.2) is 36.4 Å². The third-order valence-corrected chi connectivity index (χ3v) is 3.88. The van der Waals surface area contributed by atoms with E-state index in [1.807, 2.05) is 0 Å². The van der Waals surface area contributed by atoms with Gasteiger partial charge in [0.2, 0.25) is 0 Å². The Balaban J connectivity index is 0.000000383. The summed E-state index contributed by atoms with van der Waals surface area (Å²) in [6.07, 6.45) is 0.693. The van der Waals surface area contributed by atoms with E-state index in [1.54, 1.807) is 30.3 Å². The summed E-state index contributed by atoms with van der Waals surface area (Å²) in [6.45, 7) is 0. The molecule has 11 heteroatoms. The van der Waals surface area contributed by atoms with Crippen molar-refractivity contribution in [3.8, 4) is 0 Å². The molecule has 0 aliphatic heterocycles. The molecule has 2 aromatic carbocycles. The van der Waals surface area contributed by atoms with Gasteiger partial charge >= 0.3 is 0 Å². The van der Waals surface area contributed by atoms with Crippen LogP contribution in [0.1, 0.15) is 20.8 Å². The fourth-order valence-electron chi connectivity index (χ4n) is 1.28. The van der Waals surface area contributed by atoms with Crippen LogP contribution in [0, 0.1) is 0 Å². The van der Waals surface area contributed by atoms with E-state index in [1.165, 1.54) is 6.07 Å². The number of hydrogen-bond donors (Lipinski definition) is 2. The Bertz CT molecular complexity index is 722. The van der Waals surface area contributed by atoms with E-state index >= 15 is 0 Å². The van der Waals surface area contributed by atoms with Crippen molar-refractivity contribution in [2.45, 2.75) is 4.84 Å². The molecule has 2 N–H and O–H groups in total. The Labute approximate surface area is 177 Å². The van der Waals surface area contributed by atoms with Crippen molar-refractivity contribution < 1.29 is 18.1 Å². The first kappa shape index (κ1) is 24.9. The summed E-state index contributed by atoms with van der Waals surface area (Å²) in [4.78, 5) is 9.61. The highest BCUT2D eigenvalue weighted by Crippen LogP contribution is 2.32. The Hall–Kier alpha value is -0.0800. The molecule has 0 spiro atoms. The minimum Gasteiger partial charge on any atom is -0.298 e. The van der Waals surface area contributed by atoms with Crippen LogP contribution in [0.3, 0.4) is 0 Å². The molecule has 0 saturated heterocycles. The second-order valence-electron chi connectivity index (χ2n) is 3.98. The molecular formula is C14H10Cl6O4S. The SMILES string of the molecule is Clc1ccc(C(Cl)Cl)c(Cl)c1.O=Cc1ccc(Cl)cc1Cl.O=S(O)O. The van der Waals surface area contributed by atoms with Crippen molar-refractivity contribution >= 4 is 87.3 Å². The Morgan fingerprint density at radius 3 is 1.68 bits per heavy atom. The minimum atomic E-state index is -2.61. The molecule has 2 aromatic rings. The lowest BCUT2D eigenvalue weighted by molar-refractivity contribution is 0.112. The summed E-state index contributed by atoms with van der Waals surface area (Å²) in [5.41, 5.74) is 1.14. The van der Waals surface area contributed by atoms with Gasteiger partial charge in [0.05, 0.1) is 5.02 Å². The molecule has 0 saturated carbocycles. The summed E-state index contributed by atoms with van der Waals surface area (Å²) in [6, 6.07) is 9.74. The fourth-order valence-corrected chi connectivity index (χ4v) is 2.74. The largest absolute Gasteiger partial charge is 0.299 e. The zero-order valence-electron chi connectivity index (χ0n) is 12.0. The second-order valence-corrected chi connectivity index (χ2v) is 7.23. The topological polar surface area (TPSA) is 74.6 Å². The van der Waals surface area contributed by atoms with Crippen molar-refractivity contribution in [1.29, 1.82) is 0 Å². The average molecular weight is 487 g/mol. The average Bonchev–Trinajstić information content (AvgIpc) is 2.47. The second kappa shape index (κ2) is 13.1. The van der Waals surface area contributed by atoms with Gasteiger partial charge in [-0.3, -0.25) is 13.9 Å². The molecule has 2 rings (SSSR count). The first-order valence-corrected chi connectivity index (χ1v) is 9.46. The third kappa shape index (κ3) is 11.3. The lowest BCUT2D eigenvalue weighted by atomic mass is 10.2. The summed E-state index contributed by atoms with van der Waals surface area (Å²) in [5.74, 6) is 0. The molecule has 0 aliphatic rings. The smallest absolute Gasteiger partial charge is 0.298 e. The van der Waals surface area contributed by atoms with E-state index in [2.05, 4.69) is 0 Å². The van der Waals surface area contributed by atoms with Gasteiger partial charge in [0.1, 0.15) is 4.84 Å². The molecule has 0 aromatic heterocycles. The van der Waals surface area contributed by atoms with Crippen LogP contribution < -0.4 is 0 Å². The molecule has 0 heterocycles. The summed E-state index contributed by atoms with van der Waals surface area (Å²) < 4.78 is 22.8. The number of carbonyl (C=O) groups is 1. The maximum Gasteiger partial charge on any atom is 0.299 e. The fraction of sp³-hybridized carbons (Fsp3) is 0.0714. The highest BCUT2D eigenvalue weighted by molar-refractivity contribution is 7.73. The molecule has 138 valence electrons. The quantitative estimate of drug-likeness (QED) is 0.273. The molecule has 0 radical (unpaired) electrons. The molecular weight excluding hydrogens is 477 g/mol. The van der Waals surface area contributed by atoms with Gasteiger partial charge in [-0.25, -0.2) is 0 Å². The summed E-state index contributed by atoms with van der Waals surface area (Å²) in [7, 11) is 0. The van der Waals surface area contributed by atoms with Gasteiger partial charge in [0.25, 0.3) is 11.4 Å². The number of benzene rings is 2. The van der Waals surface area contributed by atoms with Crippen molar-refractivity contribution in [2.75, 3.05) is 0 Å². The van der Waals surface area contributed by atoms with Crippen LogP contribution in [0.25, 0.3) is 0 Å². The number of aldehydes is 1. The van der Waals surface area contributed by atoms with E-state index in [0.717, 1.165) is 0 Å². The maximum atomic E-state index is 10.2. The van der Waals surface area contributed by atoms with Gasteiger partial charge in [-0.1, -0.05) is 52.5 Å². The first-order valence-electron chi connectivity index (χ1n) is 6.01. The van der Waals surface area contributed by atoms with Gasteiger partial charge in [-0.2, -0.15) is 4.21 Å². The highest BCUT2D eigenvalue weighted by Gasteiger charge is 2.07.